The third-order valence-electron chi connectivity index (χ3n) is 2.97. The first-order chi connectivity index (χ1) is 9.71. The van der Waals surface area contributed by atoms with Gasteiger partial charge in [0, 0.05) is 14.6 Å². The maximum atomic E-state index is 11.8. The molecule has 0 aliphatic rings. The number of rotatable bonds is 10. The van der Waals surface area contributed by atoms with Gasteiger partial charge in [-0.1, -0.05) is 13.3 Å². The second-order valence-electron chi connectivity index (χ2n) is 4.58. The molecule has 1 aromatic rings. The minimum atomic E-state index is -0.105. The Balaban J connectivity index is 0.00000400. The topological polar surface area (TPSA) is 55.4 Å². The van der Waals surface area contributed by atoms with Gasteiger partial charge in [0.2, 0.25) is 0 Å². The fourth-order valence-electron chi connectivity index (χ4n) is 2.03. The molecule has 0 saturated heterocycles. The standard InChI is InChI=1S/C15H23NO3S.H2/c1-3-6-12(19-4-2)7-5-10-16-15(18)14-9-8-13(11-17)20-14;/h8-9,11-12H,3-7,10H2,1-2H3,(H,16,18);1H. The van der Waals surface area contributed by atoms with Gasteiger partial charge in [-0.05, 0) is 38.3 Å². The van der Waals surface area contributed by atoms with Crippen molar-refractivity contribution in [2.75, 3.05) is 13.2 Å². The van der Waals surface area contributed by atoms with E-state index in [1.807, 2.05) is 6.92 Å². The van der Waals surface area contributed by atoms with Gasteiger partial charge in [0.25, 0.3) is 5.91 Å². The molecule has 0 bridgehead atoms. The molecular formula is C15H25NO3S. The number of aldehydes is 1. The highest BCUT2D eigenvalue weighted by molar-refractivity contribution is 7.15. The Bertz CT molecular complexity index is 417. The Morgan fingerprint density at radius 3 is 2.85 bits per heavy atom. The zero-order valence-electron chi connectivity index (χ0n) is 12.2. The van der Waals surface area contributed by atoms with Crippen LogP contribution in [0, 0.1) is 0 Å². The van der Waals surface area contributed by atoms with Crippen molar-refractivity contribution in [3.05, 3.63) is 21.9 Å². The van der Waals surface area contributed by atoms with E-state index in [0.29, 0.717) is 22.4 Å². The zero-order chi connectivity index (χ0) is 14.8. The van der Waals surface area contributed by atoms with Crippen molar-refractivity contribution in [3.8, 4) is 0 Å². The maximum absolute atomic E-state index is 11.8. The summed E-state index contributed by atoms with van der Waals surface area (Å²) < 4.78 is 5.64. The number of carbonyl (C=O) groups excluding carboxylic acids is 2. The van der Waals surface area contributed by atoms with Gasteiger partial charge < -0.3 is 10.1 Å². The molecule has 5 heteroatoms. The minimum Gasteiger partial charge on any atom is -0.379 e. The van der Waals surface area contributed by atoms with E-state index in [9.17, 15) is 9.59 Å². The fraction of sp³-hybridized carbons (Fsp3) is 0.600. The Morgan fingerprint density at radius 1 is 1.45 bits per heavy atom. The number of hydrogen-bond donors (Lipinski definition) is 1. The van der Waals surface area contributed by atoms with Crippen LogP contribution in [0.5, 0.6) is 0 Å². The van der Waals surface area contributed by atoms with E-state index in [4.69, 9.17) is 4.74 Å². The van der Waals surface area contributed by atoms with Gasteiger partial charge in [0.15, 0.2) is 6.29 Å². The molecule has 1 heterocycles. The summed E-state index contributed by atoms with van der Waals surface area (Å²) in [5.41, 5.74) is 0. The van der Waals surface area contributed by atoms with Crippen molar-refractivity contribution < 1.29 is 15.8 Å². The van der Waals surface area contributed by atoms with Gasteiger partial charge in [-0.2, -0.15) is 0 Å². The van der Waals surface area contributed by atoms with E-state index in [1.54, 1.807) is 12.1 Å². The Labute approximate surface area is 126 Å². The van der Waals surface area contributed by atoms with Crippen molar-refractivity contribution in [1.82, 2.24) is 5.32 Å². The van der Waals surface area contributed by atoms with E-state index < -0.39 is 0 Å². The second kappa shape index (κ2) is 9.66. The molecule has 1 aromatic heterocycles. The molecule has 1 N–H and O–H groups in total. The van der Waals surface area contributed by atoms with Crippen LogP contribution in [-0.4, -0.2) is 31.4 Å². The molecule has 0 spiro atoms. The average molecular weight is 299 g/mol. The number of amides is 1. The van der Waals surface area contributed by atoms with Crippen LogP contribution >= 0.6 is 11.3 Å². The third kappa shape index (κ3) is 5.84. The summed E-state index contributed by atoms with van der Waals surface area (Å²) in [5.74, 6) is -0.105. The normalized spacial score (nSPS) is 12.1. The highest BCUT2D eigenvalue weighted by Crippen LogP contribution is 2.14. The smallest absolute Gasteiger partial charge is 0.261 e. The fourth-order valence-corrected chi connectivity index (χ4v) is 2.76. The molecule has 0 aliphatic carbocycles. The van der Waals surface area contributed by atoms with Crippen molar-refractivity contribution >= 4 is 23.5 Å². The molecule has 0 aromatic carbocycles. The first-order valence-corrected chi connectivity index (χ1v) is 7.97. The Kier molecular flexibility index (Phi) is 8.14. The molecule has 1 unspecified atom stereocenters. The van der Waals surface area contributed by atoms with E-state index in [1.165, 1.54) is 11.3 Å². The molecule has 4 nitrogen and oxygen atoms in total. The molecule has 0 aliphatic heterocycles. The second-order valence-corrected chi connectivity index (χ2v) is 5.70. The van der Waals surface area contributed by atoms with Crippen molar-refractivity contribution in [2.24, 2.45) is 0 Å². The lowest BCUT2D eigenvalue weighted by atomic mass is 10.1. The lowest BCUT2D eigenvalue weighted by Crippen LogP contribution is -2.25. The summed E-state index contributed by atoms with van der Waals surface area (Å²) >= 11 is 1.22. The van der Waals surface area contributed by atoms with Crippen LogP contribution in [0.25, 0.3) is 0 Å². The maximum Gasteiger partial charge on any atom is 0.261 e. The van der Waals surface area contributed by atoms with Gasteiger partial charge >= 0.3 is 0 Å². The lowest BCUT2D eigenvalue weighted by Gasteiger charge is -2.16. The van der Waals surface area contributed by atoms with Crippen LogP contribution < -0.4 is 5.32 Å². The Morgan fingerprint density at radius 2 is 2.25 bits per heavy atom. The number of hydrogen-bond acceptors (Lipinski definition) is 4. The van der Waals surface area contributed by atoms with Crippen LogP contribution in [0.3, 0.4) is 0 Å². The highest BCUT2D eigenvalue weighted by Gasteiger charge is 2.10. The van der Waals surface area contributed by atoms with E-state index >= 15 is 0 Å². The summed E-state index contributed by atoms with van der Waals surface area (Å²) in [4.78, 5) is 23.6. The van der Waals surface area contributed by atoms with Crippen LogP contribution in [0.1, 0.15) is 60.3 Å². The Hall–Kier alpha value is -1.20. The van der Waals surface area contributed by atoms with Crippen molar-refractivity contribution in [1.29, 1.82) is 0 Å². The molecule has 0 fully saturated rings. The molecule has 0 saturated carbocycles. The molecular weight excluding hydrogens is 274 g/mol. The number of carbonyl (C=O) groups is 2. The third-order valence-corrected chi connectivity index (χ3v) is 3.98. The monoisotopic (exact) mass is 299 g/mol. The molecule has 1 atom stereocenters. The minimum absolute atomic E-state index is 0. The van der Waals surface area contributed by atoms with Crippen LogP contribution in [-0.2, 0) is 4.74 Å². The van der Waals surface area contributed by atoms with E-state index in [2.05, 4.69) is 12.2 Å². The molecule has 114 valence electrons. The average Bonchev–Trinajstić information content (AvgIpc) is 2.92. The molecule has 1 amide bonds. The summed E-state index contributed by atoms with van der Waals surface area (Å²) in [7, 11) is 0. The number of ether oxygens (including phenoxy) is 1. The van der Waals surface area contributed by atoms with Gasteiger partial charge in [-0.15, -0.1) is 11.3 Å². The van der Waals surface area contributed by atoms with E-state index in [-0.39, 0.29) is 7.33 Å². The SMILES string of the molecule is CCCC(CCCNC(=O)c1ccc(C=O)s1)OCC.[HH]. The predicted octanol–water partition coefficient (Wildman–Crippen LogP) is 3.52. The summed E-state index contributed by atoms with van der Waals surface area (Å²) in [5, 5.41) is 2.88. The predicted molar refractivity (Wildman–Crippen MR) is 83.7 cm³/mol. The van der Waals surface area contributed by atoms with Crippen molar-refractivity contribution in [3.63, 3.8) is 0 Å². The van der Waals surface area contributed by atoms with E-state index in [0.717, 1.165) is 38.6 Å². The van der Waals surface area contributed by atoms with Crippen LogP contribution in [0.15, 0.2) is 12.1 Å². The zero-order valence-corrected chi connectivity index (χ0v) is 13.0. The summed E-state index contributed by atoms with van der Waals surface area (Å²) in [6, 6.07) is 3.35. The summed E-state index contributed by atoms with van der Waals surface area (Å²) in [6.45, 7) is 5.53. The quantitative estimate of drug-likeness (QED) is 0.531. The first kappa shape index (κ1) is 16.9. The molecule has 0 radical (unpaired) electrons. The highest BCUT2D eigenvalue weighted by atomic mass is 32.1. The van der Waals surface area contributed by atoms with Crippen LogP contribution in [0.2, 0.25) is 0 Å². The van der Waals surface area contributed by atoms with Crippen LogP contribution in [0.4, 0.5) is 0 Å². The lowest BCUT2D eigenvalue weighted by molar-refractivity contribution is 0.0487. The van der Waals surface area contributed by atoms with Crippen molar-refractivity contribution in [2.45, 2.75) is 45.6 Å². The van der Waals surface area contributed by atoms with Gasteiger partial charge in [-0.3, -0.25) is 9.59 Å². The van der Waals surface area contributed by atoms with Gasteiger partial charge in [-0.25, -0.2) is 0 Å². The van der Waals surface area contributed by atoms with Gasteiger partial charge in [0.05, 0.1) is 15.9 Å². The molecule has 1 rings (SSSR count). The summed E-state index contributed by atoms with van der Waals surface area (Å²) in [6.07, 6.45) is 5.11. The number of nitrogens with one attached hydrogen (secondary N) is 1. The number of thiophene rings is 1. The van der Waals surface area contributed by atoms with Gasteiger partial charge in [0.1, 0.15) is 0 Å². The molecule has 20 heavy (non-hydrogen) atoms. The first-order valence-electron chi connectivity index (χ1n) is 7.16. The largest absolute Gasteiger partial charge is 0.379 e.